The zero-order valence-electron chi connectivity index (χ0n) is 13.1. The minimum absolute atomic E-state index is 0.0902. The van der Waals surface area contributed by atoms with Crippen molar-refractivity contribution in [3.05, 3.63) is 71.5 Å². The van der Waals surface area contributed by atoms with Gasteiger partial charge < -0.3 is 9.88 Å². The third-order valence-electron chi connectivity index (χ3n) is 3.43. The first-order chi connectivity index (χ1) is 11.6. The molecule has 0 aliphatic rings. The summed E-state index contributed by atoms with van der Waals surface area (Å²) in [6.07, 6.45) is 3.93. The van der Waals surface area contributed by atoms with Gasteiger partial charge in [-0.2, -0.15) is 0 Å². The van der Waals surface area contributed by atoms with Crippen LogP contribution in [0.1, 0.15) is 5.56 Å². The Labute approximate surface area is 149 Å². The quantitative estimate of drug-likeness (QED) is 0.735. The highest BCUT2D eigenvalue weighted by Crippen LogP contribution is 2.26. The molecule has 1 amide bonds. The van der Waals surface area contributed by atoms with Crippen molar-refractivity contribution in [3.63, 3.8) is 0 Å². The zero-order valence-corrected chi connectivity index (χ0v) is 14.6. The second-order valence-corrected chi connectivity index (χ2v) is 6.71. The zero-order chi connectivity index (χ0) is 16.9. The summed E-state index contributed by atoms with van der Waals surface area (Å²) in [5.74, 6) is -0.0902. The molecule has 3 aromatic rings. The van der Waals surface area contributed by atoms with Gasteiger partial charge in [0, 0.05) is 35.0 Å². The number of benzene rings is 2. The van der Waals surface area contributed by atoms with Gasteiger partial charge in [0.05, 0.1) is 6.42 Å². The lowest BCUT2D eigenvalue weighted by Gasteiger charge is -2.07. The van der Waals surface area contributed by atoms with E-state index in [1.54, 1.807) is 24.0 Å². The predicted octanol–water partition coefficient (Wildman–Crippen LogP) is 4.41. The second-order valence-electron chi connectivity index (χ2n) is 5.26. The fraction of sp³-hybridized carbons (Fsp3) is 0.111. The molecule has 0 saturated heterocycles. The lowest BCUT2D eigenvalue weighted by Crippen LogP contribution is -2.14. The van der Waals surface area contributed by atoms with E-state index in [2.05, 4.69) is 10.3 Å². The van der Waals surface area contributed by atoms with Gasteiger partial charge >= 0.3 is 0 Å². The van der Waals surface area contributed by atoms with Gasteiger partial charge in [-0.1, -0.05) is 41.6 Å². The van der Waals surface area contributed by atoms with Crippen LogP contribution in [-0.4, -0.2) is 15.5 Å². The first-order valence-corrected chi connectivity index (χ1v) is 8.60. The minimum atomic E-state index is -0.0902. The number of carbonyl (C=O) groups excluding carboxylic acids is 1. The van der Waals surface area contributed by atoms with Crippen molar-refractivity contribution in [1.29, 1.82) is 0 Å². The van der Waals surface area contributed by atoms with E-state index in [1.807, 2.05) is 60.3 Å². The largest absolute Gasteiger partial charge is 0.329 e. The number of hydrogen-bond acceptors (Lipinski definition) is 3. The highest BCUT2D eigenvalue weighted by molar-refractivity contribution is 7.99. The second kappa shape index (κ2) is 7.55. The fourth-order valence-corrected chi connectivity index (χ4v) is 3.19. The summed E-state index contributed by atoms with van der Waals surface area (Å²) in [6, 6.07) is 15.1. The van der Waals surface area contributed by atoms with Crippen molar-refractivity contribution in [2.24, 2.45) is 7.05 Å². The molecule has 6 heteroatoms. The van der Waals surface area contributed by atoms with Crippen molar-refractivity contribution in [3.8, 4) is 0 Å². The fourth-order valence-electron chi connectivity index (χ4n) is 2.18. The highest BCUT2D eigenvalue weighted by atomic mass is 35.5. The van der Waals surface area contributed by atoms with E-state index in [9.17, 15) is 4.79 Å². The maximum absolute atomic E-state index is 12.1. The van der Waals surface area contributed by atoms with E-state index < -0.39 is 0 Å². The number of amides is 1. The molecule has 3 rings (SSSR count). The van der Waals surface area contributed by atoms with Gasteiger partial charge in [-0.15, -0.1) is 0 Å². The van der Waals surface area contributed by atoms with E-state index in [1.165, 1.54) is 0 Å². The Hall–Kier alpha value is -2.24. The number of nitrogens with one attached hydrogen (secondary N) is 1. The third kappa shape index (κ3) is 4.19. The Morgan fingerprint density at radius 3 is 2.62 bits per heavy atom. The van der Waals surface area contributed by atoms with Crippen molar-refractivity contribution in [2.45, 2.75) is 16.5 Å². The van der Waals surface area contributed by atoms with E-state index >= 15 is 0 Å². The molecular formula is C18H16ClN3OS. The van der Waals surface area contributed by atoms with Gasteiger partial charge in [-0.05, 0) is 35.9 Å². The standard InChI is InChI=1S/C18H16ClN3OS/c1-22-11-10-20-18(22)24-15-8-6-14(7-9-15)21-17(23)12-13-4-2-3-5-16(13)19/h2-11H,12H2,1H3,(H,21,23). The summed E-state index contributed by atoms with van der Waals surface area (Å²) >= 11 is 7.66. The summed E-state index contributed by atoms with van der Waals surface area (Å²) in [4.78, 5) is 17.5. The van der Waals surface area contributed by atoms with Crippen LogP contribution >= 0.6 is 23.4 Å². The first-order valence-electron chi connectivity index (χ1n) is 7.40. The Morgan fingerprint density at radius 1 is 1.21 bits per heavy atom. The van der Waals surface area contributed by atoms with Crippen LogP contribution in [-0.2, 0) is 18.3 Å². The van der Waals surface area contributed by atoms with Crippen LogP contribution in [0.15, 0.2) is 71.0 Å². The first kappa shape index (κ1) is 16.6. The molecule has 1 aromatic heterocycles. The summed E-state index contributed by atoms with van der Waals surface area (Å²) in [5, 5.41) is 4.42. The van der Waals surface area contributed by atoms with E-state index in [0.29, 0.717) is 5.02 Å². The number of aryl methyl sites for hydroxylation is 1. The Morgan fingerprint density at radius 2 is 1.96 bits per heavy atom. The van der Waals surface area contributed by atoms with Gasteiger partial charge in [0.1, 0.15) is 0 Å². The number of rotatable bonds is 5. The van der Waals surface area contributed by atoms with Crippen LogP contribution in [0.25, 0.3) is 0 Å². The van der Waals surface area contributed by atoms with Crippen LogP contribution in [0.2, 0.25) is 5.02 Å². The number of aromatic nitrogens is 2. The molecule has 0 spiro atoms. The monoisotopic (exact) mass is 357 g/mol. The molecule has 2 aromatic carbocycles. The SMILES string of the molecule is Cn1ccnc1Sc1ccc(NC(=O)Cc2ccccc2Cl)cc1. The van der Waals surface area contributed by atoms with Crippen molar-refractivity contribution in [1.82, 2.24) is 9.55 Å². The molecule has 1 N–H and O–H groups in total. The van der Waals surface area contributed by atoms with E-state index in [4.69, 9.17) is 11.6 Å². The number of carbonyl (C=O) groups is 1. The average Bonchev–Trinajstić information content (AvgIpc) is 2.96. The molecule has 1 heterocycles. The van der Waals surface area contributed by atoms with Crippen molar-refractivity contribution < 1.29 is 4.79 Å². The molecule has 24 heavy (non-hydrogen) atoms. The normalized spacial score (nSPS) is 10.6. The van der Waals surface area contributed by atoms with Gasteiger partial charge in [-0.3, -0.25) is 4.79 Å². The summed E-state index contributed by atoms with van der Waals surface area (Å²) in [7, 11) is 1.96. The number of nitrogens with zero attached hydrogens (tertiary/aromatic N) is 2. The molecule has 0 atom stereocenters. The topological polar surface area (TPSA) is 46.9 Å². The smallest absolute Gasteiger partial charge is 0.228 e. The van der Waals surface area contributed by atoms with E-state index in [-0.39, 0.29) is 12.3 Å². The molecule has 122 valence electrons. The van der Waals surface area contributed by atoms with E-state index in [0.717, 1.165) is 21.3 Å². The lowest BCUT2D eigenvalue weighted by molar-refractivity contribution is -0.115. The maximum Gasteiger partial charge on any atom is 0.228 e. The van der Waals surface area contributed by atoms with Gasteiger partial charge in [0.2, 0.25) is 5.91 Å². The Kier molecular flexibility index (Phi) is 5.23. The maximum atomic E-state index is 12.1. The molecular weight excluding hydrogens is 342 g/mol. The van der Waals surface area contributed by atoms with Gasteiger partial charge in [-0.25, -0.2) is 4.98 Å². The summed E-state index contributed by atoms with van der Waals surface area (Å²) < 4.78 is 1.96. The molecule has 0 saturated carbocycles. The average molecular weight is 358 g/mol. The molecule has 0 aliphatic carbocycles. The Balaban J connectivity index is 1.61. The number of anilines is 1. The van der Waals surface area contributed by atoms with Crippen molar-refractivity contribution >= 4 is 35.0 Å². The Bertz CT molecular complexity index is 845. The third-order valence-corrected chi connectivity index (χ3v) is 4.89. The highest BCUT2D eigenvalue weighted by Gasteiger charge is 2.08. The molecule has 0 radical (unpaired) electrons. The molecule has 0 aliphatic heterocycles. The lowest BCUT2D eigenvalue weighted by atomic mass is 10.1. The molecule has 0 fully saturated rings. The predicted molar refractivity (Wildman–Crippen MR) is 97.6 cm³/mol. The molecule has 0 bridgehead atoms. The minimum Gasteiger partial charge on any atom is -0.329 e. The van der Waals surface area contributed by atoms with Crippen LogP contribution in [0.5, 0.6) is 0 Å². The van der Waals surface area contributed by atoms with Gasteiger partial charge in [0.25, 0.3) is 0 Å². The number of imidazole rings is 1. The molecule has 0 unspecified atom stereocenters. The summed E-state index contributed by atoms with van der Waals surface area (Å²) in [5.41, 5.74) is 1.58. The van der Waals surface area contributed by atoms with Crippen LogP contribution in [0.4, 0.5) is 5.69 Å². The number of halogens is 1. The van der Waals surface area contributed by atoms with Crippen molar-refractivity contribution in [2.75, 3.05) is 5.32 Å². The van der Waals surface area contributed by atoms with Crippen LogP contribution in [0.3, 0.4) is 0 Å². The molecule has 4 nitrogen and oxygen atoms in total. The van der Waals surface area contributed by atoms with Gasteiger partial charge in [0.15, 0.2) is 5.16 Å². The summed E-state index contributed by atoms with van der Waals surface area (Å²) in [6.45, 7) is 0. The van der Waals surface area contributed by atoms with Crippen LogP contribution in [0, 0.1) is 0 Å². The number of hydrogen-bond donors (Lipinski definition) is 1. The van der Waals surface area contributed by atoms with Crippen LogP contribution < -0.4 is 5.32 Å².